The van der Waals surface area contributed by atoms with E-state index in [4.69, 9.17) is 0 Å². The van der Waals surface area contributed by atoms with Crippen LogP contribution in [0.15, 0.2) is 41.1 Å². The zero-order valence-electron chi connectivity index (χ0n) is 11.5. The highest BCUT2D eigenvalue weighted by molar-refractivity contribution is 7.10. The molecule has 2 aliphatic rings. The molecule has 2 unspecified atom stereocenters. The number of allylic oxidation sites excluding steroid dienone is 1. The van der Waals surface area contributed by atoms with Crippen LogP contribution < -0.4 is 0 Å². The van der Waals surface area contributed by atoms with Gasteiger partial charge in [-0.2, -0.15) is 0 Å². The molecule has 0 spiro atoms. The molecule has 4 rings (SSSR count). The lowest BCUT2D eigenvalue weighted by Gasteiger charge is -2.40. The predicted molar refractivity (Wildman–Crippen MR) is 87.7 cm³/mol. The lowest BCUT2D eigenvalue weighted by atomic mass is 9.93. The minimum Gasteiger partial charge on any atom is -0.285 e. The first-order valence-electron chi connectivity index (χ1n) is 7.45. The SMILES string of the molecule is C1=CC(N2CCc3sccc3C2c2cccs2)CCC1. The van der Waals surface area contributed by atoms with Crippen molar-refractivity contribution in [3.05, 3.63) is 56.4 Å². The molecule has 2 atom stereocenters. The summed E-state index contributed by atoms with van der Waals surface area (Å²) in [5, 5.41) is 4.48. The largest absolute Gasteiger partial charge is 0.285 e. The minimum absolute atomic E-state index is 0.484. The van der Waals surface area contributed by atoms with E-state index in [1.165, 1.54) is 37.1 Å². The van der Waals surface area contributed by atoms with Crippen LogP contribution in [0.4, 0.5) is 0 Å². The molecule has 0 saturated carbocycles. The molecule has 1 aliphatic carbocycles. The maximum absolute atomic E-state index is 2.73. The van der Waals surface area contributed by atoms with Gasteiger partial charge in [-0.25, -0.2) is 0 Å². The van der Waals surface area contributed by atoms with Crippen LogP contribution in [-0.2, 0) is 6.42 Å². The summed E-state index contributed by atoms with van der Waals surface area (Å²) in [6, 6.07) is 7.96. The Morgan fingerprint density at radius 1 is 1.15 bits per heavy atom. The summed E-state index contributed by atoms with van der Waals surface area (Å²) >= 11 is 3.84. The fraction of sp³-hybridized carbons (Fsp3) is 0.412. The van der Waals surface area contributed by atoms with E-state index >= 15 is 0 Å². The molecule has 0 radical (unpaired) electrons. The Balaban J connectivity index is 1.75. The fourth-order valence-corrected chi connectivity index (χ4v) is 5.29. The van der Waals surface area contributed by atoms with Crippen LogP contribution in [0.3, 0.4) is 0 Å². The van der Waals surface area contributed by atoms with Gasteiger partial charge in [0.25, 0.3) is 0 Å². The third-order valence-electron chi connectivity index (χ3n) is 4.47. The molecule has 104 valence electrons. The average molecular weight is 301 g/mol. The second-order valence-electron chi connectivity index (χ2n) is 5.63. The maximum Gasteiger partial charge on any atom is 0.0711 e. The molecule has 1 aliphatic heterocycles. The first kappa shape index (κ1) is 12.8. The van der Waals surface area contributed by atoms with Gasteiger partial charge in [0, 0.05) is 22.3 Å². The van der Waals surface area contributed by atoms with Crippen LogP contribution in [-0.4, -0.2) is 17.5 Å². The van der Waals surface area contributed by atoms with Crippen molar-refractivity contribution in [2.45, 2.75) is 37.8 Å². The van der Waals surface area contributed by atoms with Crippen molar-refractivity contribution in [2.24, 2.45) is 0 Å². The van der Waals surface area contributed by atoms with Gasteiger partial charge >= 0.3 is 0 Å². The zero-order valence-corrected chi connectivity index (χ0v) is 13.1. The molecule has 0 amide bonds. The van der Waals surface area contributed by atoms with E-state index in [1.807, 2.05) is 22.7 Å². The summed E-state index contributed by atoms with van der Waals surface area (Å²) in [7, 11) is 0. The van der Waals surface area contributed by atoms with Gasteiger partial charge in [0.1, 0.15) is 0 Å². The van der Waals surface area contributed by atoms with Crippen molar-refractivity contribution in [1.82, 2.24) is 4.90 Å². The second-order valence-corrected chi connectivity index (χ2v) is 7.61. The molecular weight excluding hydrogens is 282 g/mol. The van der Waals surface area contributed by atoms with Gasteiger partial charge in [0.2, 0.25) is 0 Å². The van der Waals surface area contributed by atoms with E-state index in [0.29, 0.717) is 12.1 Å². The van der Waals surface area contributed by atoms with E-state index in [-0.39, 0.29) is 0 Å². The van der Waals surface area contributed by atoms with E-state index in [9.17, 15) is 0 Å². The molecular formula is C17H19NS2. The van der Waals surface area contributed by atoms with Crippen LogP contribution in [0.25, 0.3) is 0 Å². The van der Waals surface area contributed by atoms with Gasteiger partial charge in [-0.1, -0.05) is 18.2 Å². The number of hydrogen-bond donors (Lipinski definition) is 0. The first-order valence-corrected chi connectivity index (χ1v) is 9.21. The molecule has 1 nitrogen and oxygen atoms in total. The Hall–Kier alpha value is -0.900. The van der Waals surface area contributed by atoms with E-state index < -0.39 is 0 Å². The third-order valence-corrected chi connectivity index (χ3v) is 6.39. The van der Waals surface area contributed by atoms with Gasteiger partial charge < -0.3 is 0 Å². The molecule has 2 aromatic heterocycles. The van der Waals surface area contributed by atoms with Crippen LogP contribution in [0.1, 0.15) is 40.6 Å². The standard InChI is InChI=1S/C17H19NS2/c1-2-5-13(6-3-1)18-10-8-15-14(9-12-20-15)17(18)16-7-4-11-19-16/h2,4-5,7,9,11-13,17H,1,3,6,8,10H2. The molecule has 0 bridgehead atoms. The summed E-state index contributed by atoms with van der Waals surface area (Å²) in [6.45, 7) is 1.20. The molecule has 3 heterocycles. The molecule has 3 heteroatoms. The monoisotopic (exact) mass is 301 g/mol. The van der Waals surface area contributed by atoms with Gasteiger partial charge in [-0.3, -0.25) is 4.90 Å². The quantitative estimate of drug-likeness (QED) is 0.716. The molecule has 0 aromatic carbocycles. The first-order chi connectivity index (χ1) is 9.93. The third kappa shape index (κ3) is 2.18. The highest BCUT2D eigenvalue weighted by atomic mass is 32.1. The van der Waals surface area contributed by atoms with E-state index in [1.54, 1.807) is 10.4 Å². The Bertz CT molecular complexity index is 596. The molecule has 0 fully saturated rings. The van der Waals surface area contributed by atoms with E-state index in [0.717, 1.165) is 0 Å². The number of nitrogens with zero attached hydrogens (tertiary/aromatic N) is 1. The van der Waals surface area contributed by atoms with Gasteiger partial charge in [0.05, 0.1) is 6.04 Å². The molecule has 2 aromatic rings. The molecule has 20 heavy (non-hydrogen) atoms. The Morgan fingerprint density at radius 3 is 2.95 bits per heavy atom. The van der Waals surface area contributed by atoms with Crippen molar-refractivity contribution in [3.8, 4) is 0 Å². The normalized spacial score (nSPS) is 26.6. The van der Waals surface area contributed by atoms with Crippen molar-refractivity contribution < 1.29 is 0 Å². The van der Waals surface area contributed by atoms with Crippen molar-refractivity contribution in [2.75, 3.05) is 6.54 Å². The Morgan fingerprint density at radius 2 is 2.15 bits per heavy atom. The number of thiophene rings is 2. The summed E-state index contributed by atoms with van der Waals surface area (Å²) in [5.41, 5.74) is 1.56. The van der Waals surface area contributed by atoms with Crippen molar-refractivity contribution in [1.29, 1.82) is 0 Å². The van der Waals surface area contributed by atoms with Crippen LogP contribution in [0, 0.1) is 0 Å². The molecule has 0 saturated heterocycles. The smallest absolute Gasteiger partial charge is 0.0711 e. The van der Waals surface area contributed by atoms with Gasteiger partial charge in [-0.05, 0) is 54.1 Å². The number of rotatable bonds is 2. The Kier molecular flexibility index (Phi) is 3.51. The van der Waals surface area contributed by atoms with Crippen LogP contribution >= 0.6 is 22.7 Å². The maximum atomic E-state index is 2.73. The van der Waals surface area contributed by atoms with Crippen LogP contribution in [0.5, 0.6) is 0 Å². The highest BCUT2D eigenvalue weighted by Crippen LogP contribution is 2.41. The lowest BCUT2D eigenvalue weighted by Crippen LogP contribution is -2.42. The van der Waals surface area contributed by atoms with Gasteiger partial charge in [-0.15, -0.1) is 22.7 Å². The summed E-state index contributed by atoms with van der Waals surface area (Å²) < 4.78 is 0. The minimum atomic E-state index is 0.484. The fourth-order valence-electron chi connectivity index (χ4n) is 3.53. The average Bonchev–Trinajstić information content (AvgIpc) is 3.18. The summed E-state index contributed by atoms with van der Waals surface area (Å²) in [4.78, 5) is 5.83. The van der Waals surface area contributed by atoms with Crippen molar-refractivity contribution >= 4 is 22.7 Å². The topological polar surface area (TPSA) is 3.24 Å². The highest BCUT2D eigenvalue weighted by Gasteiger charge is 2.33. The predicted octanol–water partition coefficient (Wildman–Crippen LogP) is 4.87. The lowest BCUT2D eigenvalue weighted by molar-refractivity contribution is 0.165. The summed E-state index contributed by atoms with van der Waals surface area (Å²) in [6.07, 6.45) is 9.96. The molecule has 0 N–H and O–H groups in total. The number of hydrogen-bond acceptors (Lipinski definition) is 3. The van der Waals surface area contributed by atoms with Gasteiger partial charge in [0.15, 0.2) is 0 Å². The zero-order chi connectivity index (χ0) is 13.4. The van der Waals surface area contributed by atoms with Crippen molar-refractivity contribution in [3.63, 3.8) is 0 Å². The van der Waals surface area contributed by atoms with Crippen LogP contribution in [0.2, 0.25) is 0 Å². The summed E-state index contributed by atoms with van der Waals surface area (Å²) in [5.74, 6) is 0. The number of fused-ring (bicyclic) bond motifs is 1. The Labute approximate surface area is 128 Å². The van der Waals surface area contributed by atoms with E-state index in [2.05, 4.69) is 46.0 Å². The second kappa shape index (κ2) is 5.47.